The number of halogens is 1. The zero-order chi connectivity index (χ0) is 16.5. The molecule has 1 fully saturated rings. The number of oxazole rings is 1. The Labute approximate surface area is 141 Å². The van der Waals surface area contributed by atoms with Gasteiger partial charge in [-0.1, -0.05) is 11.8 Å². The molecule has 6 nitrogen and oxygen atoms in total. The monoisotopic (exact) mass is 346 g/mol. The van der Waals surface area contributed by atoms with Crippen molar-refractivity contribution < 1.29 is 13.9 Å². The quantitative estimate of drug-likeness (QED) is 0.691. The predicted octanol–water partition coefficient (Wildman–Crippen LogP) is 3.19. The van der Waals surface area contributed by atoms with Crippen LogP contribution in [0, 0.1) is 5.82 Å². The van der Waals surface area contributed by atoms with Gasteiger partial charge < -0.3 is 14.1 Å². The molecule has 0 spiro atoms. The molecule has 0 radical (unpaired) electrons. The number of nitrogens with zero attached hydrogens (tertiary/aromatic N) is 4. The Hall–Kier alpha value is -2.19. The molecular formula is C16H15FN4O2S. The van der Waals surface area contributed by atoms with Gasteiger partial charge in [0.25, 0.3) is 0 Å². The Morgan fingerprint density at radius 2 is 2.04 bits per heavy atom. The van der Waals surface area contributed by atoms with Crippen molar-refractivity contribution in [2.75, 3.05) is 0 Å². The second-order valence-electron chi connectivity index (χ2n) is 5.60. The number of thioether (sulfide) groups is 1. The van der Waals surface area contributed by atoms with Crippen LogP contribution in [0.3, 0.4) is 0 Å². The minimum Gasteiger partial charge on any atom is -0.444 e. The molecule has 3 aromatic rings. The molecule has 8 heteroatoms. The van der Waals surface area contributed by atoms with Gasteiger partial charge in [0.2, 0.25) is 5.89 Å². The van der Waals surface area contributed by atoms with Crippen LogP contribution >= 0.6 is 11.8 Å². The standard InChI is InChI=1S/C16H15FN4O2S/c17-11-3-1-10(2-4-11)15-18-12(8-23-15)9-24-16-20-19-14(7-22)21(16)13-5-6-13/h1-4,8,13,22H,5-7,9H2. The third-order valence-corrected chi connectivity index (χ3v) is 4.76. The van der Waals surface area contributed by atoms with Crippen LogP contribution in [0.5, 0.6) is 0 Å². The van der Waals surface area contributed by atoms with Gasteiger partial charge in [0.05, 0.1) is 5.69 Å². The van der Waals surface area contributed by atoms with Crippen molar-refractivity contribution in [3.8, 4) is 11.5 Å². The van der Waals surface area contributed by atoms with E-state index in [1.54, 1.807) is 18.4 Å². The zero-order valence-electron chi connectivity index (χ0n) is 12.7. The Kier molecular flexibility index (Phi) is 4.07. The number of rotatable bonds is 6. The molecule has 1 saturated carbocycles. The third kappa shape index (κ3) is 3.07. The summed E-state index contributed by atoms with van der Waals surface area (Å²) in [6.45, 7) is -0.108. The van der Waals surface area contributed by atoms with E-state index in [0.717, 1.165) is 29.3 Å². The van der Waals surface area contributed by atoms with Gasteiger partial charge in [-0.15, -0.1) is 10.2 Å². The lowest BCUT2D eigenvalue weighted by Gasteiger charge is -2.05. The van der Waals surface area contributed by atoms with Crippen LogP contribution in [0.2, 0.25) is 0 Å². The lowest BCUT2D eigenvalue weighted by Crippen LogP contribution is -2.02. The van der Waals surface area contributed by atoms with Crippen LogP contribution in [0.25, 0.3) is 11.5 Å². The second-order valence-corrected chi connectivity index (χ2v) is 6.54. The summed E-state index contributed by atoms with van der Waals surface area (Å²) in [5, 5.41) is 18.3. The first-order chi connectivity index (χ1) is 11.7. The summed E-state index contributed by atoms with van der Waals surface area (Å²) in [7, 11) is 0. The van der Waals surface area contributed by atoms with Crippen LogP contribution in [0.4, 0.5) is 4.39 Å². The highest BCUT2D eigenvalue weighted by Gasteiger charge is 2.29. The lowest BCUT2D eigenvalue weighted by molar-refractivity contribution is 0.263. The highest BCUT2D eigenvalue weighted by molar-refractivity contribution is 7.98. The Balaban J connectivity index is 1.47. The van der Waals surface area contributed by atoms with Gasteiger partial charge in [-0.2, -0.15) is 0 Å². The van der Waals surface area contributed by atoms with Crippen molar-refractivity contribution in [1.29, 1.82) is 0 Å². The first-order valence-corrected chi connectivity index (χ1v) is 8.61. The number of hydrogen-bond acceptors (Lipinski definition) is 6. The largest absolute Gasteiger partial charge is 0.444 e. The first kappa shape index (κ1) is 15.3. The van der Waals surface area contributed by atoms with Crippen molar-refractivity contribution in [3.05, 3.63) is 47.9 Å². The smallest absolute Gasteiger partial charge is 0.226 e. The highest BCUT2D eigenvalue weighted by atomic mass is 32.2. The molecule has 2 aromatic heterocycles. The van der Waals surface area contributed by atoms with Crippen molar-refractivity contribution in [2.24, 2.45) is 0 Å². The summed E-state index contributed by atoms with van der Waals surface area (Å²) in [6, 6.07) is 6.42. The summed E-state index contributed by atoms with van der Waals surface area (Å²) in [4.78, 5) is 4.43. The maximum absolute atomic E-state index is 13.0. The number of aliphatic hydroxyl groups excluding tert-OH is 1. The highest BCUT2D eigenvalue weighted by Crippen LogP contribution is 2.39. The van der Waals surface area contributed by atoms with Crippen LogP contribution in [0.1, 0.15) is 30.4 Å². The van der Waals surface area contributed by atoms with E-state index in [1.807, 2.05) is 4.57 Å². The molecule has 0 amide bonds. The average molecular weight is 346 g/mol. The molecule has 1 aromatic carbocycles. The maximum Gasteiger partial charge on any atom is 0.226 e. The molecule has 0 aliphatic heterocycles. The van der Waals surface area contributed by atoms with E-state index in [2.05, 4.69) is 15.2 Å². The minimum atomic E-state index is -0.291. The summed E-state index contributed by atoms with van der Waals surface area (Å²) < 4.78 is 20.4. The van der Waals surface area contributed by atoms with Crippen molar-refractivity contribution in [1.82, 2.24) is 19.7 Å². The van der Waals surface area contributed by atoms with E-state index in [-0.39, 0.29) is 12.4 Å². The van der Waals surface area contributed by atoms with Gasteiger partial charge in [0, 0.05) is 17.4 Å². The molecule has 1 aliphatic rings. The fraction of sp³-hybridized carbons (Fsp3) is 0.312. The van der Waals surface area contributed by atoms with Gasteiger partial charge in [0.1, 0.15) is 18.7 Å². The van der Waals surface area contributed by atoms with Gasteiger partial charge >= 0.3 is 0 Å². The minimum absolute atomic E-state index is 0.108. The number of aliphatic hydroxyl groups is 1. The predicted molar refractivity (Wildman–Crippen MR) is 85.7 cm³/mol. The molecule has 0 atom stereocenters. The fourth-order valence-corrected chi connectivity index (χ4v) is 3.35. The van der Waals surface area contributed by atoms with Gasteiger partial charge in [-0.25, -0.2) is 9.37 Å². The summed E-state index contributed by atoms with van der Waals surface area (Å²) in [5.74, 6) is 1.36. The van der Waals surface area contributed by atoms with E-state index < -0.39 is 0 Å². The molecule has 0 unspecified atom stereocenters. The van der Waals surface area contributed by atoms with E-state index >= 15 is 0 Å². The zero-order valence-corrected chi connectivity index (χ0v) is 13.5. The van der Waals surface area contributed by atoms with E-state index in [1.165, 1.54) is 23.9 Å². The van der Waals surface area contributed by atoms with Gasteiger partial charge in [-0.3, -0.25) is 0 Å². The Morgan fingerprint density at radius 1 is 1.25 bits per heavy atom. The topological polar surface area (TPSA) is 77.0 Å². The lowest BCUT2D eigenvalue weighted by atomic mass is 10.2. The normalized spacial score (nSPS) is 14.2. The molecule has 4 rings (SSSR count). The maximum atomic E-state index is 13.0. The molecule has 0 saturated heterocycles. The fourth-order valence-electron chi connectivity index (χ4n) is 2.45. The summed E-state index contributed by atoms with van der Waals surface area (Å²) in [6.07, 6.45) is 3.78. The molecule has 0 bridgehead atoms. The Bertz CT molecular complexity index is 842. The SMILES string of the molecule is OCc1nnc(SCc2coc(-c3ccc(F)cc3)n2)n1C1CC1. The molecule has 24 heavy (non-hydrogen) atoms. The van der Waals surface area contributed by atoms with Crippen molar-refractivity contribution >= 4 is 11.8 Å². The molecule has 124 valence electrons. The molecule has 2 heterocycles. The van der Waals surface area contributed by atoms with Gasteiger partial charge in [-0.05, 0) is 37.1 Å². The second kappa shape index (κ2) is 6.37. The van der Waals surface area contributed by atoms with E-state index in [0.29, 0.717) is 23.5 Å². The van der Waals surface area contributed by atoms with E-state index in [4.69, 9.17) is 4.42 Å². The molecular weight excluding hydrogens is 331 g/mol. The number of hydrogen-bond donors (Lipinski definition) is 1. The molecule has 1 aliphatic carbocycles. The van der Waals surface area contributed by atoms with Crippen molar-refractivity contribution in [2.45, 2.75) is 36.4 Å². The van der Waals surface area contributed by atoms with Crippen LogP contribution in [-0.2, 0) is 12.4 Å². The summed E-state index contributed by atoms with van der Waals surface area (Å²) in [5.41, 5.74) is 1.51. The summed E-state index contributed by atoms with van der Waals surface area (Å²) >= 11 is 1.51. The van der Waals surface area contributed by atoms with Gasteiger partial charge in [0.15, 0.2) is 11.0 Å². The molecule has 1 N–H and O–H groups in total. The van der Waals surface area contributed by atoms with Crippen LogP contribution in [-0.4, -0.2) is 24.9 Å². The number of aromatic nitrogens is 4. The average Bonchev–Trinajstić information content (AvgIpc) is 3.18. The Morgan fingerprint density at radius 3 is 2.75 bits per heavy atom. The first-order valence-electron chi connectivity index (χ1n) is 7.62. The van der Waals surface area contributed by atoms with E-state index in [9.17, 15) is 9.50 Å². The van der Waals surface area contributed by atoms with Crippen molar-refractivity contribution in [3.63, 3.8) is 0 Å². The number of benzene rings is 1. The third-order valence-electron chi connectivity index (χ3n) is 3.78. The van der Waals surface area contributed by atoms with Crippen LogP contribution in [0.15, 0.2) is 40.1 Å². The van der Waals surface area contributed by atoms with Crippen LogP contribution < -0.4 is 0 Å².